The molecule has 126 valence electrons. The number of aromatic nitrogens is 4. The standard InChI is InChI=1S/C17H18N8/c1-13-10-22-17(21-7-4-8-25-12-19-11-23-25)24-16(13)14(9-18)15-5-2-3-6-20-15/h2-3,5-6,10-12H,4,7-8H2,1H3,(H2,21,22,24). The second-order valence-electron chi connectivity index (χ2n) is 5.42. The Kier molecular flexibility index (Phi) is 5.16. The van der Waals surface area contributed by atoms with Crippen molar-refractivity contribution < 1.29 is 0 Å². The van der Waals surface area contributed by atoms with Crippen LogP contribution in [0, 0.1) is 11.3 Å². The SMILES string of the molecule is CC1=CNC(=NCCCn2cncn2)NC1=C(C#N)c1ccccn1. The Morgan fingerprint density at radius 1 is 1.40 bits per heavy atom. The molecule has 8 nitrogen and oxygen atoms in total. The summed E-state index contributed by atoms with van der Waals surface area (Å²) >= 11 is 0. The van der Waals surface area contributed by atoms with Crippen LogP contribution in [0.2, 0.25) is 0 Å². The van der Waals surface area contributed by atoms with Gasteiger partial charge in [-0.1, -0.05) is 6.07 Å². The Hall–Kier alpha value is -3.47. The van der Waals surface area contributed by atoms with E-state index < -0.39 is 0 Å². The first-order valence-corrected chi connectivity index (χ1v) is 7.91. The number of hydrogen-bond acceptors (Lipinski definition) is 5. The van der Waals surface area contributed by atoms with Gasteiger partial charge in [-0.05, 0) is 31.1 Å². The first-order chi connectivity index (χ1) is 12.3. The number of aryl methyl sites for hydroxylation is 1. The Morgan fingerprint density at radius 3 is 3.04 bits per heavy atom. The first kappa shape index (κ1) is 16.4. The number of nitrogens with zero attached hydrogens (tertiary/aromatic N) is 6. The third-order valence-corrected chi connectivity index (χ3v) is 3.63. The lowest BCUT2D eigenvalue weighted by atomic mass is 10.1. The van der Waals surface area contributed by atoms with Crippen molar-refractivity contribution in [3.8, 4) is 6.07 Å². The maximum absolute atomic E-state index is 9.56. The average molecular weight is 334 g/mol. The van der Waals surface area contributed by atoms with Gasteiger partial charge in [-0.3, -0.25) is 14.7 Å². The highest BCUT2D eigenvalue weighted by Gasteiger charge is 2.17. The molecule has 0 amide bonds. The van der Waals surface area contributed by atoms with Crippen LogP contribution in [0.1, 0.15) is 19.0 Å². The van der Waals surface area contributed by atoms with Crippen molar-refractivity contribution in [2.45, 2.75) is 19.9 Å². The summed E-state index contributed by atoms with van der Waals surface area (Å²) in [6, 6.07) is 7.74. The Balaban J connectivity index is 1.72. The minimum absolute atomic E-state index is 0.492. The highest BCUT2D eigenvalue weighted by atomic mass is 15.3. The topological polar surface area (TPSA) is 104 Å². The second-order valence-corrected chi connectivity index (χ2v) is 5.42. The zero-order chi connectivity index (χ0) is 17.5. The highest BCUT2D eigenvalue weighted by molar-refractivity contribution is 5.90. The van der Waals surface area contributed by atoms with E-state index in [1.165, 1.54) is 6.33 Å². The van der Waals surface area contributed by atoms with Crippen LogP contribution >= 0.6 is 0 Å². The molecule has 0 spiro atoms. The lowest BCUT2D eigenvalue weighted by molar-refractivity contribution is 0.583. The van der Waals surface area contributed by atoms with Gasteiger partial charge in [-0.15, -0.1) is 0 Å². The van der Waals surface area contributed by atoms with Crippen molar-refractivity contribution in [2.75, 3.05) is 6.54 Å². The van der Waals surface area contributed by atoms with Crippen molar-refractivity contribution in [2.24, 2.45) is 4.99 Å². The van der Waals surface area contributed by atoms with Gasteiger partial charge in [0, 0.05) is 25.5 Å². The van der Waals surface area contributed by atoms with Gasteiger partial charge in [-0.25, -0.2) is 4.98 Å². The molecule has 0 saturated carbocycles. The Labute approximate surface area is 145 Å². The summed E-state index contributed by atoms with van der Waals surface area (Å²) < 4.78 is 1.77. The van der Waals surface area contributed by atoms with Crippen molar-refractivity contribution in [3.05, 3.63) is 60.2 Å². The number of pyridine rings is 1. The molecular weight excluding hydrogens is 316 g/mol. The van der Waals surface area contributed by atoms with E-state index in [1.54, 1.807) is 17.2 Å². The smallest absolute Gasteiger partial charge is 0.199 e. The fourth-order valence-corrected chi connectivity index (χ4v) is 2.37. The molecule has 1 aliphatic rings. The molecule has 2 aromatic rings. The van der Waals surface area contributed by atoms with E-state index in [1.807, 2.05) is 31.3 Å². The summed E-state index contributed by atoms with van der Waals surface area (Å²) in [5.74, 6) is 0.614. The summed E-state index contributed by atoms with van der Waals surface area (Å²) in [5, 5.41) is 19.9. The van der Waals surface area contributed by atoms with Gasteiger partial charge < -0.3 is 10.6 Å². The van der Waals surface area contributed by atoms with E-state index in [0.29, 0.717) is 23.8 Å². The molecular formula is C17H18N8. The number of allylic oxidation sites excluding steroid dienone is 2. The summed E-state index contributed by atoms with van der Waals surface area (Å²) in [6.45, 7) is 3.31. The lowest BCUT2D eigenvalue weighted by Gasteiger charge is -2.21. The van der Waals surface area contributed by atoms with Gasteiger partial charge in [0.2, 0.25) is 0 Å². The fourth-order valence-electron chi connectivity index (χ4n) is 2.37. The molecule has 0 aliphatic carbocycles. The summed E-state index contributed by atoms with van der Waals surface area (Å²) in [7, 11) is 0. The van der Waals surface area contributed by atoms with E-state index in [9.17, 15) is 5.26 Å². The molecule has 0 aromatic carbocycles. The van der Waals surface area contributed by atoms with Crippen LogP contribution in [0.15, 0.2) is 59.5 Å². The van der Waals surface area contributed by atoms with E-state index in [2.05, 4.69) is 36.8 Å². The lowest BCUT2D eigenvalue weighted by Crippen LogP contribution is -2.39. The van der Waals surface area contributed by atoms with Crippen LogP contribution in [0.3, 0.4) is 0 Å². The highest BCUT2D eigenvalue weighted by Crippen LogP contribution is 2.20. The molecule has 0 unspecified atom stereocenters. The molecule has 0 atom stereocenters. The first-order valence-electron chi connectivity index (χ1n) is 7.91. The number of nitriles is 1. The van der Waals surface area contributed by atoms with Crippen LogP contribution in [-0.2, 0) is 6.54 Å². The van der Waals surface area contributed by atoms with Gasteiger partial charge in [0.25, 0.3) is 0 Å². The molecule has 3 rings (SSSR count). The molecule has 0 bridgehead atoms. The van der Waals surface area contributed by atoms with E-state index >= 15 is 0 Å². The zero-order valence-electron chi connectivity index (χ0n) is 13.8. The molecule has 2 N–H and O–H groups in total. The van der Waals surface area contributed by atoms with Crippen molar-refractivity contribution in [3.63, 3.8) is 0 Å². The van der Waals surface area contributed by atoms with Gasteiger partial charge in [0.05, 0.1) is 11.4 Å². The predicted molar refractivity (Wildman–Crippen MR) is 93.7 cm³/mol. The van der Waals surface area contributed by atoms with Crippen LogP contribution in [0.5, 0.6) is 0 Å². The molecule has 1 aliphatic heterocycles. The largest absolute Gasteiger partial charge is 0.332 e. The minimum Gasteiger partial charge on any atom is -0.332 e. The van der Waals surface area contributed by atoms with Gasteiger partial charge >= 0.3 is 0 Å². The van der Waals surface area contributed by atoms with Crippen molar-refractivity contribution >= 4 is 11.5 Å². The normalized spacial score (nSPS) is 17.3. The van der Waals surface area contributed by atoms with Gasteiger partial charge in [0.15, 0.2) is 5.96 Å². The Bertz CT molecular complexity index is 841. The maximum atomic E-state index is 9.56. The average Bonchev–Trinajstić information content (AvgIpc) is 3.16. The third-order valence-electron chi connectivity index (χ3n) is 3.63. The second kappa shape index (κ2) is 7.88. The number of nitrogens with one attached hydrogen (secondary N) is 2. The quantitative estimate of drug-likeness (QED) is 0.633. The van der Waals surface area contributed by atoms with Crippen LogP contribution < -0.4 is 10.6 Å². The van der Waals surface area contributed by atoms with Crippen LogP contribution in [-0.4, -0.2) is 32.3 Å². The molecule has 0 radical (unpaired) electrons. The fraction of sp³-hybridized carbons (Fsp3) is 0.235. The molecule has 0 fully saturated rings. The van der Waals surface area contributed by atoms with Crippen molar-refractivity contribution in [1.82, 2.24) is 30.4 Å². The van der Waals surface area contributed by atoms with Crippen LogP contribution in [0.4, 0.5) is 0 Å². The van der Waals surface area contributed by atoms with Gasteiger partial charge in [-0.2, -0.15) is 10.4 Å². The van der Waals surface area contributed by atoms with E-state index in [4.69, 9.17) is 0 Å². The molecule has 8 heteroatoms. The molecule has 25 heavy (non-hydrogen) atoms. The van der Waals surface area contributed by atoms with Crippen molar-refractivity contribution in [1.29, 1.82) is 5.26 Å². The number of rotatable bonds is 5. The minimum atomic E-state index is 0.492. The maximum Gasteiger partial charge on any atom is 0.199 e. The Morgan fingerprint density at radius 2 is 2.32 bits per heavy atom. The molecule has 2 aromatic heterocycles. The number of hydrogen-bond donors (Lipinski definition) is 2. The third kappa shape index (κ3) is 4.09. The molecule has 0 saturated heterocycles. The van der Waals surface area contributed by atoms with E-state index in [-0.39, 0.29) is 0 Å². The summed E-state index contributed by atoms with van der Waals surface area (Å²) in [6.07, 6.45) is 7.54. The van der Waals surface area contributed by atoms with Crippen LogP contribution in [0.25, 0.3) is 5.57 Å². The number of guanidine groups is 1. The van der Waals surface area contributed by atoms with Gasteiger partial charge in [0.1, 0.15) is 24.3 Å². The van der Waals surface area contributed by atoms with E-state index in [0.717, 1.165) is 24.2 Å². The molecule has 3 heterocycles. The monoisotopic (exact) mass is 334 g/mol. The summed E-state index contributed by atoms with van der Waals surface area (Å²) in [5.41, 5.74) is 2.76. The predicted octanol–water partition coefficient (Wildman–Crippen LogP) is 1.45. The number of aliphatic imine (C=N–C) groups is 1. The zero-order valence-corrected chi connectivity index (χ0v) is 13.8. The summed E-state index contributed by atoms with van der Waals surface area (Å²) in [4.78, 5) is 12.7.